The van der Waals surface area contributed by atoms with Gasteiger partial charge in [-0.2, -0.15) is 0 Å². The number of hydrogen-bond donors (Lipinski definition) is 7. The zero-order chi connectivity index (χ0) is 24.7. The molecule has 15 nitrogen and oxygen atoms in total. The molecule has 0 spiro atoms. The number of carboxylic acid groups (broad SMARTS) is 2. The van der Waals surface area contributed by atoms with Crippen LogP contribution in [-0.2, 0) is 19.2 Å². The first-order valence-electron chi connectivity index (χ1n) is 9.27. The molecular formula is C17H25N7O8+2. The summed E-state index contributed by atoms with van der Waals surface area (Å²) in [5.74, 6) is -5.29. The van der Waals surface area contributed by atoms with Gasteiger partial charge < -0.3 is 36.8 Å². The molecule has 32 heavy (non-hydrogen) atoms. The van der Waals surface area contributed by atoms with E-state index in [2.05, 4.69) is 20.6 Å². The molecule has 0 bridgehead atoms. The van der Waals surface area contributed by atoms with Crippen LogP contribution in [0.25, 0.3) is 9.95 Å². The summed E-state index contributed by atoms with van der Waals surface area (Å²) in [5.41, 5.74) is 5.32. The Labute approximate surface area is 181 Å². The van der Waals surface area contributed by atoms with Crippen molar-refractivity contribution < 1.29 is 39.6 Å². The molecule has 0 rings (SSSR count). The fourth-order valence-electron chi connectivity index (χ4n) is 2.32. The lowest BCUT2D eigenvalue weighted by molar-refractivity contribution is -0.142. The number of aliphatic carboxylic acids is 2. The number of carbonyl (C=O) groups is 4. The van der Waals surface area contributed by atoms with Crippen molar-refractivity contribution in [1.29, 1.82) is 10.8 Å². The van der Waals surface area contributed by atoms with Gasteiger partial charge in [0.05, 0.1) is 0 Å². The van der Waals surface area contributed by atoms with Crippen LogP contribution < -0.4 is 16.4 Å². The Morgan fingerprint density at radius 1 is 0.781 bits per heavy atom. The third-order valence-electron chi connectivity index (χ3n) is 4.06. The van der Waals surface area contributed by atoms with Crippen LogP contribution in [0.2, 0.25) is 0 Å². The Hall–Kier alpha value is -4.24. The highest BCUT2D eigenvalue weighted by Gasteiger charge is 2.27. The molecule has 0 unspecified atom stereocenters. The smallest absolute Gasteiger partial charge is 0.387 e. The summed E-state index contributed by atoms with van der Waals surface area (Å²) < 4.78 is 0. The van der Waals surface area contributed by atoms with Gasteiger partial charge in [0, 0.05) is 19.3 Å². The van der Waals surface area contributed by atoms with Crippen LogP contribution in [0.4, 0.5) is 0 Å². The van der Waals surface area contributed by atoms with Crippen LogP contribution in [0.3, 0.4) is 0 Å². The lowest BCUT2D eigenvalue weighted by Gasteiger charge is -2.21. The summed E-state index contributed by atoms with van der Waals surface area (Å²) in [7, 11) is 0. The molecule has 0 aliphatic carbocycles. The fraction of sp³-hybridized carbons (Fsp3) is 0.529. The SMILES string of the molecule is N#[N+]C=C(O)CC[C@H](NC(=O)[C@H](CCC(O)=C[N+]#N)NC(=O)CC[C@H](N)C(=O)O)C(=O)O. The first kappa shape index (κ1) is 27.8. The first-order valence-corrected chi connectivity index (χ1v) is 9.27. The van der Waals surface area contributed by atoms with Crippen LogP contribution >= 0.6 is 0 Å². The third-order valence-corrected chi connectivity index (χ3v) is 4.06. The molecule has 0 fully saturated rings. The maximum atomic E-state index is 12.6. The highest BCUT2D eigenvalue weighted by atomic mass is 16.4. The van der Waals surface area contributed by atoms with Gasteiger partial charge in [-0.25, -0.2) is 4.79 Å². The largest absolute Gasteiger partial charge is 0.505 e. The maximum Gasteiger partial charge on any atom is 0.387 e. The topological polar surface area (TPSA) is 256 Å². The summed E-state index contributed by atoms with van der Waals surface area (Å²) in [6, 6.07) is -4.11. The lowest BCUT2D eigenvalue weighted by Crippen LogP contribution is -2.51. The molecular weight excluding hydrogens is 430 g/mol. The van der Waals surface area contributed by atoms with Crippen molar-refractivity contribution in [3.63, 3.8) is 0 Å². The molecule has 2 amide bonds. The standard InChI is InChI=1S/C17H23N7O8/c18-11(16(29)30)3-6-14(27)23-12(4-1-9(25)7-21-19)15(28)24-13(17(31)32)5-2-10(26)8-22-20/h7-8,11-13H,1-6,18H2,(H4-2,23,24,25,26,27,28,29,30,31,32)/p+2/t11-,12-,13-/m0/s1. The van der Waals surface area contributed by atoms with E-state index in [1.807, 2.05) is 0 Å². The molecule has 0 saturated heterocycles. The number of carboxylic acids is 2. The number of rotatable bonds is 14. The summed E-state index contributed by atoms with van der Waals surface area (Å²) in [5, 5.41) is 58.2. The van der Waals surface area contributed by atoms with E-state index in [0.29, 0.717) is 12.4 Å². The Balaban J connectivity index is 5.26. The molecule has 0 saturated carbocycles. The second kappa shape index (κ2) is 14.7. The van der Waals surface area contributed by atoms with Crippen LogP contribution in [0, 0.1) is 10.8 Å². The minimum absolute atomic E-state index is 0.219. The fourth-order valence-corrected chi connectivity index (χ4v) is 2.32. The minimum atomic E-state index is -1.48. The molecule has 0 radical (unpaired) electrons. The molecule has 8 N–H and O–H groups in total. The van der Waals surface area contributed by atoms with Gasteiger partial charge in [0.2, 0.25) is 22.6 Å². The molecule has 15 heteroatoms. The monoisotopic (exact) mass is 455 g/mol. The molecule has 3 atom stereocenters. The van der Waals surface area contributed by atoms with Crippen molar-refractivity contribution in [2.24, 2.45) is 5.73 Å². The summed E-state index contributed by atoms with van der Waals surface area (Å²) in [4.78, 5) is 52.0. The van der Waals surface area contributed by atoms with Gasteiger partial charge >= 0.3 is 24.3 Å². The number of nitrogens with two attached hydrogens (primary N) is 1. The van der Waals surface area contributed by atoms with E-state index >= 15 is 0 Å². The minimum Gasteiger partial charge on any atom is -0.505 e. The van der Waals surface area contributed by atoms with Gasteiger partial charge in [-0.3, -0.25) is 14.4 Å². The molecule has 0 aromatic carbocycles. The highest BCUT2D eigenvalue weighted by molar-refractivity contribution is 5.90. The van der Waals surface area contributed by atoms with Gasteiger partial charge in [-0.05, 0) is 19.3 Å². The average molecular weight is 455 g/mol. The maximum absolute atomic E-state index is 12.6. The number of nitrogens with zero attached hydrogens (tertiary/aromatic N) is 4. The summed E-state index contributed by atoms with van der Waals surface area (Å²) >= 11 is 0. The van der Waals surface area contributed by atoms with Gasteiger partial charge in [0.1, 0.15) is 18.1 Å². The number of nitrogens with one attached hydrogen (secondary N) is 2. The van der Waals surface area contributed by atoms with Crippen LogP contribution in [0.15, 0.2) is 23.9 Å². The molecule has 0 aliphatic heterocycles. The van der Waals surface area contributed by atoms with E-state index in [9.17, 15) is 34.5 Å². The Bertz CT molecular complexity index is 843. The van der Waals surface area contributed by atoms with E-state index in [1.54, 1.807) is 0 Å². The zero-order valence-corrected chi connectivity index (χ0v) is 16.9. The van der Waals surface area contributed by atoms with E-state index in [4.69, 9.17) is 21.6 Å². The number of hydrogen-bond acceptors (Lipinski definition) is 9. The molecule has 0 aliphatic rings. The van der Waals surface area contributed by atoms with Crippen molar-refractivity contribution in [3.05, 3.63) is 33.9 Å². The Morgan fingerprint density at radius 2 is 1.28 bits per heavy atom. The lowest BCUT2D eigenvalue weighted by atomic mass is 10.1. The van der Waals surface area contributed by atoms with Crippen molar-refractivity contribution >= 4 is 23.8 Å². The highest BCUT2D eigenvalue weighted by Crippen LogP contribution is 2.10. The van der Waals surface area contributed by atoms with Crippen molar-refractivity contribution in [1.82, 2.24) is 10.6 Å². The van der Waals surface area contributed by atoms with Crippen molar-refractivity contribution in [2.45, 2.75) is 56.7 Å². The van der Waals surface area contributed by atoms with E-state index in [1.165, 1.54) is 0 Å². The summed E-state index contributed by atoms with van der Waals surface area (Å²) in [6.07, 6.45) is -0.136. The second-order valence-corrected chi connectivity index (χ2v) is 6.55. The van der Waals surface area contributed by atoms with Gasteiger partial charge in [-0.15, -0.1) is 0 Å². The van der Waals surface area contributed by atoms with Crippen molar-refractivity contribution in [3.8, 4) is 0 Å². The number of allylic oxidation sites excluding steroid dienone is 2. The number of aliphatic hydroxyl groups excluding tert-OH is 2. The van der Waals surface area contributed by atoms with E-state index in [-0.39, 0.29) is 38.5 Å². The quantitative estimate of drug-likeness (QED) is 0.138. The van der Waals surface area contributed by atoms with Crippen LogP contribution in [0.5, 0.6) is 0 Å². The molecule has 174 valence electrons. The van der Waals surface area contributed by atoms with Crippen molar-refractivity contribution in [2.75, 3.05) is 0 Å². The Morgan fingerprint density at radius 3 is 1.72 bits per heavy atom. The van der Waals surface area contributed by atoms with Gasteiger partial charge in [0.25, 0.3) is 0 Å². The number of diazo groups is 2. The van der Waals surface area contributed by atoms with E-state index in [0.717, 1.165) is 0 Å². The molecule has 0 aromatic heterocycles. The molecule has 0 heterocycles. The average Bonchev–Trinajstić information content (AvgIpc) is 2.72. The normalized spacial score (nSPS) is 14.2. The van der Waals surface area contributed by atoms with E-state index < -0.39 is 53.4 Å². The van der Waals surface area contributed by atoms with Gasteiger partial charge in [0.15, 0.2) is 21.5 Å². The molecule has 0 aromatic rings. The van der Waals surface area contributed by atoms with Gasteiger partial charge in [-0.1, -0.05) is 0 Å². The van der Waals surface area contributed by atoms with Crippen LogP contribution in [0.1, 0.15) is 38.5 Å². The Kier molecular flexibility index (Phi) is 12.7. The number of carbonyl (C=O) groups excluding carboxylic acids is 2. The third kappa shape index (κ3) is 11.7. The predicted octanol–water partition coefficient (Wildman–Crippen LogP) is 0.298. The second-order valence-electron chi connectivity index (χ2n) is 6.55. The zero-order valence-electron chi connectivity index (χ0n) is 16.9. The van der Waals surface area contributed by atoms with Crippen LogP contribution in [-0.4, -0.2) is 62.3 Å². The number of amides is 2. The number of aliphatic hydroxyl groups is 2. The predicted molar refractivity (Wildman–Crippen MR) is 106 cm³/mol. The first-order chi connectivity index (χ1) is 15.0. The summed E-state index contributed by atoms with van der Waals surface area (Å²) in [6.45, 7) is 0.